The molecule has 3 aliphatic carbocycles. The molecule has 1 unspecified atom stereocenters. The van der Waals surface area contributed by atoms with Gasteiger partial charge in [0, 0.05) is 29.4 Å². The molecule has 6 atom stereocenters. The van der Waals surface area contributed by atoms with E-state index in [0.29, 0.717) is 25.0 Å². The van der Waals surface area contributed by atoms with Gasteiger partial charge in [-0.3, -0.25) is 0 Å². The lowest BCUT2D eigenvalue weighted by Gasteiger charge is -2.59. The molecular weight excluding hydrogens is 371 g/mol. The molecule has 1 saturated heterocycles. The quantitative estimate of drug-likeness (QED) is 0.493. The summed E-state index contributed by atoms with van der Waals surface area (Å²) >= 11 is 6.22. The van der Waals surface area contributed by atoms with Gasteiger partial charge in [-0.15, -0.1) is 0 Å². The number of alkyl halides is 4. The van der Waals surface area contributed by atoms with Crippen molar-refractivity contribution < 1.29 is 28.1 Å². The minimum absolute atomic E-state index is 0.000967. The largest absolute Gasteiger partial charge is 0.485 e. The van der Waals surface area contributed by atoms with Crippen LogP contribution >= 0.6 is 11.6 Å². The van der Waals surface area contributed by atoms with Crippen LogP contribution in [-0.4, -0.2) is 57.7 Å². The number of halogens is 4. The highest BCUT2D eigenvalue weighted by Crippen LogP contribution is 2.68. The number of piperidine rings is 1. The van der Waals surface area contributed by atoms with Crippen LogP contribution in [0.1, 0.15) is 19.3 Å². The van der Waals surface area contributed by atoms with Crippen LogP contribution in [-0.2, 0) is 4.74 Å². The third kappa shape index (κ3) is 1.74. The Morgan fingerprint density at radius 1 is 1.35 bits per heavy atom. The molecule has 2 bridgehead atoms. The minimum atomic E-state index is -4.90. The molecule has 2 heterocycles. The van der Waals surface area contributed by atoms with Crippen LogP contribution in [0.4, 0.5) is 13.2 Å². The van der Waals surface area contributed by atoms with E-state index in [0.717, 1.165) is 11.6 Å². The number of aliphatic hydroxyl groups is 2. The lowest BCUT2D eigenvalue weighted by Crippen LogP contribution is -2.68. The van der Waals surface area contributed by atoms with Crippen LogP contribution < -0.4 is 0 Å². The van der Waals surface area contributed by atoms with E-state index in [4.69, 9.17) is 16.3 Å². The molecule has 2 aliphatic heterocycles. The zero-order valence-electron chi connectivity index (χ0n) is 14.1. The summed E-state index contributed by atoms with van der Waals surface area (Å²) in [7, 11) is 1.97. The Balaban J connectivity index is 1.79. The molecule has 1 saturated carbocycles. The van der Waals surface area contributed by atoms with Gasteiger partial charge >= 0.3 is 6.18 Å². The van der Waals surface area contributed by atoms with Gasteiger partial charge in [-0.25, -0.2) is 0 Å². The molecule has 2 fully saturated rings. The highest BCUT2D eigenvalue weighted by atomic mass is 35.5. The molecular formula is C18H19ClF3NO3. The fourth-order valence-electron chi connectivity index (χ4n) is 5.77. The minimum Gasteiger partial charge on any atom is -0.485 e. The second kappa shape index (κ2) is 4.69. The molecule has 1 spiro atoms. The van der Waals surface area contributed by atoms with Gasteiger partial charge in [-0.2, -0.15) is 13.2 Å². The van der Waals surface area contributed by atoms with Crippen molar-refractivity contribution in [2.24, 2.45) is 11.3 Å². The number of hydrogen-bond donors (Lipinski definition) is 2. The molecule has 26 heavy (non-hydrogen) atoms. The second-order valence-corrected chi connectivity index (χ2v) is 8.77. The van der Waals surface area contributed by atoms with Crippen molar-refractivity contribution in [3.05, 3.63) is 35.1 Å². The van der Waals surface area contributed by atoms with Crippen LogP contribution in [0.15, 0.2) is 35.1 Å². The highest BCUT2D eigenvalue weighted by molar-refractivity contribution is 6.24. The zero-order chi connectivity index (χ0) is 18.7. The van der Waals surface area contributed by atoms with Crippen molar-refractivity contribution in [1.29, 1.82) is 0 Å². The smallest absolute Gasteiger partial charge is 0.424 e. The fourth-order valence-corrected chi connectivity index (χ4v) is 5.99. The van der Waals surface area contributed by atoms with E-state index in [-0.39, 0.29) is 24.1 Å². The lowest BCUT2D eigenvalue weighted by molar-refractivity contribution is -0.290. The molecule has 0 amide bonds. The zero-order valence-corrected chi connectivity index (χ0v) is 14.8. The highest BCUT2D eigenvalue weighted by Gasteiger charge is 2.75. The molecule has 5 rings (SSSR count). The standard InChI is InChI=1S/C18H19ClF3NO3/c1-23-7-6-15-10-3-4-16(24,18(20,21)22)14(15)26-13-12(15)9(8-11(10)23)2-5-17(13,19)25/h2-4,10-11,14,24-25H,5-8H2,1H3/t10-,11+,14+,15-,16-,17?/m0/s1. The molecule has 5 aliphatic rings. The van der Waals surface area contributed by atoms with Crippen LogP contribution in [0.2, 0.25) is 0 Å². The second-order valence-electron chi connectivity index (χ2n) is 8.15. The molecule has 8 heteroatoms. The molecule has 0 radical (unpaired) electrons. The predicted molar refractivity (Wildman–Crippen MR) is 87.1 cm³/mol. The Labute approximate surface area is 153 Å². The van der Waals surface area contributed by atoms with Gasteiger partial charge in [0.2, 0.25) is 5.60 Å². The Bertz CT molecular complexity index is 789. The van der Waals surface area contributed by atoms with Crippen molar-refractivity contribution in [3.8, 4) is 0 Å². The van der Waals surface area contributed by atoms with E-state index < -0.39 is 28.4 Å². The molecule has 0 aromatic heterocycles. The monoisotopic (exact) mass is 389 g/mol. The third-order valence-corrected chi connectivity index (χ3v) is 7.30. The number of likely N-dealkylation sites (tertiary alicyclic amines) is 1. The van der Waals surface area contributed by atoms with E-state index in [2.05, 4.69) is 4.90 Å². The first-order chi connectivity index (χ1) is 12.0. The van der Waals surface area contributed by atoms with Gasteiger partial charge in [-0.05, 0) is 38.1 Å². The first-order valence-electron chi connectivity index (χ1n) is 8.74. The van der Waals surface area contributed by atoms with Crippen molar-refractivity contribution in [2.75, 3.05) is 13.6 Å². The first kappa shape index (κ1) is 17.1. The Morgan fingerprint density at radius 2 is 2.08 bits per heavy atom. The number of ether oxygens (including phenoxy) is 1. The van der Waals surface area contributed by atoms with Crippen molar-refractivity contribution in [1.82, 2.24) is 4.90 Å². The first-order valence-corrected chi connectivity index (χ1v) is 9.11. The van der Waals surface area contributed by atoms with Crippen LogP contribution in [0, 0.1) is 11.3 Å². The van der Waals surface area contributed by atoms with E-state index in [1.165, 1.54) is 6.08 Å². The summed E-state index contributed by atoms with van der Waals surface area (Å²) in [5, 5.41) is 19.4. The summed E-state index contributed by atoms with van der Waals surface area (Å²) in [6.07, 6.45) is -1.14. The maximum Gasteiger partial charge on any atom is 0.424 e. The van der Waals surface area contributed by atoms with Gasteiger partial charge in [-0.1, -0.05) is 23.8 Å². The maximum absolute atomic E-state index is 13.9. The SMILES string of the molecule is CN1CC[C@]23C4=C5O[C@H]2[C@](O)(C(F)(F)F)C=C[C@H]3[C@H]1CC4=CCC5(O)Cl. The number of hydrogen-bond acceptors (Lipinski definition) is 4. The number of nitrogens with zero attached hydrogens (tertiary/aromatic N) is 1. The maximum atomic E-state index is 13.9. The van der Waals surface area contributed by atoms with Crippen molar-refractivity contribution in [3.63, 3.8) is 0 Å². The fraction of sp³-hybridized carbons (Fsp3) is 0.667. The summed E-state index contributed by atoms with van der Waals surface area (Å²) in [4.78, 5) is 2.16. The summed E-state index contributed by atoms with van der Waals surface area (Å²) < 4.78 is 47.3. The van der Waals surface area contributed by atoms with Crippen molar-refractivity contribution in [2.45, 2.75) is 48.2 Å². The Morgan fingerprint density at radius 3 is 2.77 bits per heavy atom. The van der Waals surface area contributed by atoms with Crippen LogP contribution in [0.25, 0.3) is 0 Å². The summed E-state index contributed by atoms with van der Waals surface area (Å²) in [5.74, 6) is -0.231. The van der Waals surface area contributed by atoms with E-state index in [1.54, 1.807) is 0 Å². The Hall–Kier alpha value is -1.02. The van der Waals surface area contributed by atoms with Crippen LogP contribution in [0.5, 0.6) is 0 Å². The van der Waals surface area contributed by atoms with Gasteiger partial charge in [0.25, 0.3) is 0 Å². The number of rotatable bonds is 0. The van der Waals surface area contributed by atoms with Gasteiger partial charge in [0.1, 0.15) is 5.76 Å². The third-order valence-electron chi connectivity index (χ3n) is 6.98. The topological polar surface area (TPSA) is 52.9 Å². The molecule has 0 aromatic rings. The van der Waals surface area contributed by atoms with Crippen molar-refractivity contribution >= 4 is 11.6 Å². The molecule has 4 nitrogen and oxygen atoms in total. The van der Waals surface area contributed by atoms with Gasteiger partial charge in [0.15, 0.2) is 11.2 Å². The van der Waals surface area contributed by atoms with Crippen LogP contribution in [0.3, 0.4) is 0 Å². The molecule has 2 N–H and O–H groups in total. The summed E-state index contributed by atoms with van der Waals surface area (Å²) in [5.41, 5.74) is -2.66. The average Bonchev–Trinajstić information content (AvgIpc) is 2.90. The van der Waals surface area contributed by atoms with E-state index in [1.807, 2.05) is 13.1 Å². The lowest BCUT2D eigenvalue weighted by atomic mass is 9.49. The molecule has 0 aromatic carbocycles. The predicted octanol–water partition coefficient (Wildman–Crippen LogP) is 2.47. The normalized spacial score (nSPS) is 49.7. The van der Waals surface area contributed by atoms with Gasteiger partial charge < -0.3 is 19.8 Å². The van der Waals surface area contributed by atoms with E-state index >= 15 is 0 Å². The van der Waals surface area contributed by atoms with E-state index in [9.17, 15) is 23.4 Å². The Kier molecular flexibility index (Phi) is 3.08. The summed E-state index contributed by atoms with van der Waals surface area (Å²) in [6.45, 7) is 0.591. The average molecular weight is 390 g/mol. The van der Waals surface area contributed by atoms with Gasteiger partial charge in [0.05, 0.1) is 0 Å². The summed E-state index contributed by atoms with van der Waals surface area (Å²) in [6, 6.07) is 0.0275. The molecule has 142 valence electrons.